The first-order valence-electron chi connectivity index (χ1n) is 8.25. The molecule has 7 heteroatoms. The molecule has 24 heavy (non-hydrogen) atoms. The van der Waals surface area contributed by atoms with Crippen molar-refractivity contribution in [2.45, 2.75) is 38.3 Å². The minimum atomic E-state index is 0.209. The van der Waals surface area contributed by atoms with E-state index in [4.69, 9.17) is 0 Å². The second-order valence-electron chi connectivity index (χ2n) is 6.07. The Labute approximate surface area is 150 Å². The van der Waals surface area contributed by atoms with Crippen LogP contribution in [0, 0.1) is 0 Å². The highest BCUT2D eigenvalue weighted by Crippen LogP contribution is 2.49. The molecule has 0 unspecified atom stereocenters. The van der Waals surface area contributed by atoms with Crippen LogP contribution in [0.2, 0.25) is 0 Å². The van der Waals surface area contributed by atoms with Crippen molar-refractivity contribution < 1.29 is 0 Å². The molecule has 1 aromatic carbocycles. The van der Waals surface area contributed by atoms with Crippen LogP contribution in [0.3, 0.4) is 0 Å². The molecule has 1 heterocycles. The molecule has 0 spiro atoms. The summed E-state index contributed by atoms with van der Waals surface area (Å²) in [6, 6.07) is 8.48. The summed E-state index contributed by atoms with van der Waals surface area (Å²) in [5.74, 6) is 1.70. The largest absolute Gasteiger partial charge is 0.356 e. The van der Waals surface area contributed by atoms with Crippen LogP contribution in [0.1, 0.15) is 31.2 Å². The third-order valence-corrected chi connectivity index (χ3v) is 5.26. The average Bonchev–Trinajstić information content (AvgIpc) is 3.25. The maximum Gasteiger partial charge on any atom is 0.191 e. The molecule has 1 fully saturated rings. The second kappa shape index (κ2) is 7.34. The first kappa shape index (κ1) is 17.0. The molecule has 0 aliphatic heterocycles. The Morgan fingerprint density at radius 2 is 2.12 bits per heavy atom. The number of benzene rings is 1. The van der Waals surface area contributed by atoms with Gasteiger partial charge in [-0.25, -0.2) is 0 Å². The van der Waals surface area contributed by atoms with Crippen molar-refractivity contribution in [3.63, 3.8) is 0 Å². The third kappa shape index (κ3) is 3.61. The Bertz CT molecular complexity index is 719. The lowest BCUT2D eigenvalue weighted by atomic mass is 9.96. The lowest BCUT2D eigenvalue weighted by Gasteiger charge is -2.20. The summed E-state index contributed by atoms with van der Waals surface area (Å²) in [7, 11) is 1.79. The molecule has 128 valence electrons. The van der Waals surface area contributed by atoms with Crippen molar-refractivity contribution in [1.82, 2.24) is 25.4 Å². The van der Waals surface area contributed by atoms with E-state index in [-0.39, 0.29) is 5.41 Å². The summed E-state index contributed by atoms with van der Waals surface area (Å²) in [4.78, 5) is 4.32. The molecule has 6 nitrogen and oxygen atoms in total. The van der Waals surface area contributed by atoms with Gasteiger partial charge in [-0.15, -0.1) is 10.2 Å². The summed E-state index contributed by atoms with van der Waals surface area (Å²) in [5.41, 5.74) is 1.58. The molecule has 0 bridgehead atoms. The molecule has 0 saturated heterocycles. The third-order valence-electron chi connectivity index (χ3n) is 4.57. The van der Waals surface area contributed by atoms with Crippen molar-refractivity contribution in [3.8, 4) is 0 Å². The van der Waals surface area contributed by atoms with Crippen LogP contribution in [0.5, 0.6) is 0 Å². The second-order valence-corrected chi connectivity index (χ2v) is 6.93. The van der Waals surface area contributed by atoms with Crippen molar-refractivity contribution in [1.29, 1.82) is 0 Å². The van der Waals surface area contributed by atoms with E-state index >= 15 is 0 Å². The summed E-state index contributed by atoms with van der Waals surface area (Å²) >= 11 is 3.68. The van der Waals surface area contributed by atoms with Crippen LogP contribution < -0.4 is 10.6 Å². The van der Waals surface area contributed by atoms with Crippen molar-refractivity contribution in [2.75, 3.05) is 13.6 Å². The highest BCUT2D eigenvalue weighted by atomic mass is 79.9. The predicted molar refractivity (Wildman–Crippen MR) is 99.0 cm³/mol. The fraction of sp³-hybridized carbons (Fsp3) is 0.471. The van der Waals surface area contributed by atoms with Gasteiger partial charge in [-0.3, -0.25) is 4.99 Å². The molecule has 0 radical (unpaired) electrons. The number of aliphatic imine (C=N–C) groups is 1. The molecule has 0 amide bonds. The molecule has 1 saturated carbocycles. The standard InChI is InChI=1S/C17H23BrN6/c1-3-24-12-22-23-15(24)10-20-16(19-2)21-11-17(8-9-17)13-6-4-5-7-14(13)18/h4-7,12H,3,8-11H2,1-2H3,(H2,19,20,21). The van der Waals surface area contributed by atoms with Crippen molar-refractivity contribution in [2.24, 2.45) is 4.99 Å². The minimum absolute atomic E-state index is 0.209. The van der Waals surface area contributed by atoms with Crippen LogP contribution >= 0.6 is 15.9 Å². The highest BCUT2D eigenvalue weighted by Gasteiger charge is 2.45. The van der Waals surface area contributed by atoms with Gasteiger partial charge in [0.25, 0.3) is 0 Å². The number of aromatic nitrogens is 3. The molecule has 1 aliphatic rings. The molecule has 0 atom stereocenters. The van der Waals surface area contributed by atoms with Gasteiger partial charge in [0.05, 0.1) is 6.54 Å². The Kier molecular flexibility index (Phi) is 5.18. The smallest absolute Gasteiger partial charge is 0.191 e. The van der Waals surface area contributed by atoms with E-state index in [9.17, 15) is 0 Å². The zero-order chi connectivity index (χ0) is 17.0. The van der Waals surface area contributed by atoms with Crippen molar-refractivity contribution in [3.05, 3.63) is 46.5 Å². The van der Waals surface area contributed by atoms with Gasteiger partial charge in [0.15, 0.2) is 11.8 Å². The topological polar surface area (TPSA) is 67.1 Å². The van der Waals surface area contributed by atoms with Gasteiger partial charge in [-0.1, -0.05) is 34.1 Å². The molecular formula is C17H23BrN6. The number of aryl methyl sites for hydroxylation is 1. The first-order chi connectivity index (χ1) is 11.7. The maximum absolute atomic E-state index is 4.32. The minimum Gasteiger partial charge on any atom is -0.356 e. The van der Waals surface area contributed by atoms with E-state index in [1.165, 1.54) is 22.9 Å². The molecule has 2 aromatic rings. The monoisotopic (exact) mass is 390 g/mol. The number of hydrogen-bond donors (Lipinski definition) is 2. The molecule has 1 aromatic heterocycles. The lowest BCUT2D eigenvalue weighted by Crippen LogP contribution is -2.41. The van der Waals surface area contributed by atoms with Gasteiger partial charge in [-0.05, 0) is 31.4 Å². The van der Waals surface area contributed by atoms with E-state index in [0.29, 0.717) is 6.54 Å². The van der Waals surface area contributed by atoms with Crippen LogP contribution in [-0.2, 0) is 18.5 Å². The Hall–Kier alpha value is -1.89. The van der Waals surface area contributed by atoms with Gasteiger partial charge >= 0.3 is 0 Å². The molecule has 2 N–H and O–H groups in total. The van der Waals surface area contributed by atoms with Gasteiger partial charge < -0.3 is 15.2 Å². The number of hydrogen-bond acceptors (Lipinski definition) is 3. The van der Waals surface area contributed by atoms with Crippen LogP contribution in [0.25, 0.3) is 0 Å². The van der Waals surface area contributed by atoms with Gasteiger partial charge in [0.2, 0.25) is 0 Å². The van der Waals surface area contributed by atoms with E-state index < -0.39 is 0 Å². The summed E-state index contributed by atoms with van der Waals surface area (Å²) in [5, 5.41) is 14.9. The van der Waals surface area contributed by atoms with Crippen molar-refractivity contribution >= 4 is 21.9 Å². The SMILES string of the molecule is CCn1cnnc1CNC(=NC)NCC1(c2ccccc2Br)CC1. The molecular weight excluding hydrogens is 368 g/mol. The van der Waals surface area contributed by atoms with Crippen LogP contribution in [-0.4, -0.2) is 34.3 Å². The lowest BCUT2D eigenvalue weighted by molar-refractivity contribution is 0.631. The van der Waals surface area contributed by atoms with E-state index in [1.54, 1.807) is 13.4 Å². The average molecular weight is 391 g/mol. The van der Waals surface area contributed by atoms with Crippen LogP contribution in [0.15, 0.2) is 40.1 Å². The number of nitrogens with zero attached hydrogens (tertiary/aromatic N) is 4. The molecule has 1 aliphatic carbocycles. The quantitative estimate of drug-likeness (QED) is 0.587. The Morgan fingerprint density at radius 3 is 2.79 bits per heavy atom. The predicted octanol–water partition coefficient (Wildman–Crippen LogP) is 2.46. The summed E-state index contributed by atoms with van der Waals surface area (Å²) < 4.78 is 3.20. The van der Waals surface area contributed by atoms with E-state index in [2.05, 4.69) is 72.9 Å². The number of halogens is 1. The number of rotatable bonds is 6. The van der Waals surface area contributed by atoms with Gasteiger partial charge in [0, 0.05) is 30.0 Å². The zero-order valence-corrected chi connectivity index (χ0v) is 15.7. The van der Waals surface area contributed by atoms with Gasteiger partial charge in [-0.2, -0.15) is 0 Å². The van der Waals surface area contributed by atoms with E-state index in [0.717, 1.165) is 24.9 Å². The fourth-order valence-electron chi connectivity index (χ4n) is 2.90. The van der Waals surface area contributed by atoms with Gasteiger partial charge in [0.1, 0.15) is 6.33 Å². The summed E-state index contributed by atoms with van der Waals surface area (Å²) in [6.45, 7) is 4.42. The fourth-order valence-corrected chi connectivity index (χ4v) is 3.61. The van der Waals surface area contributed by atoms with E-state index in [1.807, 2.05) is 4.57 Å². The summed E-state index contributed by atoms with van der Waals surface area (Å²) in [6.07, 6.45) is 4.15. The molecule has 3 rings (SSSR count). The highest BCUT2D eigenvalue weighted by molar-refractivity contribution is 9.10. The first-order valence-corrected chi connectivity index (χ1v) is 9.04. The number of guanidine groups is 1. The Morgan fingerprint density at radius 1 is 1.33 bits per heavy atom. The van der Waals surface area contributed by atoms with Crippen LogP contribution in [0.4, 0.5) is 0 Å². The number of nitrogens with one attached hydrogen (secondary N) is 2. The normalized spacial score (nSPS) is 16.0. The zero-order valence-electron chi connectivity index (χ0n) is 14.1. The Balaban J connectivity index is 1.58. The maximum atomic E-state index is 4.32.